The molecule has 116 valence electrons. The topological polar surface area (TPSA) is 49.4 Å². The van der Waals surface area contributed by atoms with Crippen molar-refractivity contribution in [1.82, 2.24) is 9.62 Å². The third-order valence-electron chi connectivity index (χ3n) is 4.54. The molecular formula is C16H24N2O2S. The van der Waals surface area contributed by atoms with Crippen LogP contribution < -0.4 is 4.72 Å². The van der Waals surface area contributed by atoms with E-state index in [1.165, 1.54) is 11.1 Å². The van der Waals surface area contributed by atoms with Gasteiger partial charge in [0.2, 0.25) is 10.0 Å². The van der Waals surface area contributed by atoms with Gasteiger partial charge in [-0.15, -0.1) is 0 Å². The Bertz CT molecular complexity index is 588. The molecule has 0 bridgehead atoms. The number of likely N-dealkylation sites (tertiary alicyclic amines) is 1. The minimum absolute atomic E-state index is 0.109. The Labute approximate surface area is 127 Å². The molecule has 21 heavy (non-hydrogen) atoms. The molecular weight excluding hydrogens is 284 g/mol. The van der Waals surface area contributed by atoms with Crippen molar-refractivity contribution >= 4 is 10.0 Å². The smallest absolute Gasteiger partial charge is 0.214 e. The third-order valence-corrected chi connectivity index (χ3v) is 6.55. The van der Waals surface area contributed by atoms with E-state index in [9.17, 15) is 8.42 Å². The minimum Gasteiger partial charge on any atom is -0.299 e. The Morgan fingerprint density at radius 2 is 1.81 bits per heavy atom. The van der Waals surface area contributed by atoms with Crippen molar-refractivity contribution in [2.75, 3.05) is 13.1 Å². The van der Waals surface area contributed by atoms with E-state index in [4.69, 9.17) is 0 Å². The number of sulfonamides is 1. The van der Waals surface area contributed by atoms with Gasteiger partial charge >= 0.3 is 0 Å². The van der Waals surface area contributed by atoms with Crippen molar-refractivity contribution in [2.45, 2.75) is 50.4 Å². The zero-order chi connectivity index (χ0) is 14.9. The van der Waals surface area contributed by atoms with Crippen molar-refractivity contribution in [3.63, 3.8) is 0 Å². The number of aryl methyl sites for hydroxylation is 1. The summed E-state index contributed by atoms with van der Waals surface area (Å²) in [5.74, 6) is 0. The Morgan fingerprint density at radius 1 is 1.14 bits per heavy atom. The second-order valence-corrected chi connectivity index (χ2v) is 8.33. The average Bonchev–Trinajstić information content (AvgIpc) is 3.28. The number of nitrogens with zero attached hydrogens (tertiary/aromatic N) is 1. The van der Waals surface area contributed by atoms with Crippen LogP contribution in [0, 0.1) is 6.92 Å². The molecule has 0 aromatic heterocycles. The molecule has 0 spiro atoms. The fraction of sp³-hybridized carbons (Fsp3) is 0.625. The first kappa shape index (κ1) is 15.0. The maximum atomic E-state index is 12.0. The lowest BCUT2D eigenvalue weighted by Gasteiger charge is -2.32. The van der Waals surface area contributed by atoms with E-state index in [-0.39, 0.29) is 11.3 Å². The van der Waals surface area contributed by atoms with Crippen LogP contribution in [0.15, 0.2) is 24.3 Å². The molecule has 2 aliphatic rings. The van der Waals surface area contributed by atoms with Gasteiger partial charge in [0.05, 0.1) is 5.25 Å². The van der Waals surface area contributed by atoms with Crippen LogP contribution >= 0.6 is 0 Å². The highest BCUT2D eigenvalue weighted by Gasteiger charge is 2.37. The molecule has 0 atom stereocenters. The van der Waals surface area contributed by atoms with Crippen LogP contribution in [0.2, 0.25) is 0 Å². The highest BCUT2D eigenvalue weighted by Crippen LogP contribution is 2.28. The van der Waals surface area contributed by atoms with Crippen LogP contribution in [0.25, 0.3) is 0 Å². The molecule has 3 rings (SSSR count). The van der Waals surface area contributed by atoms with E-state index in [1.807, 2.05) is 0 Å². The molecule has 2 fully saturated rings. The van der Waals surface area contributed by atoms with Gasteiger partial charge in [0.15, 0.2) is 0 Å². The Balaban J connectivity index is 1.50. The first-order valence-electron chi connectivity index (χ1n) is 7.82. The zero-order valence-electron chi connectivity index (χ0n) is 12.6. The molecule has 0 unspecified atom stereocenters. The summed E-state index contributed by atoms with van der Waals surface area (Å²) >= 11 is 0. The first-order valence-corrected chi connectivity index (χ1v) is 9.37. The van der Waals surface area contributed by atoms with Gasteiger partial charge in [0, 0.05) is 25.7 Å². The van der Waals surface area contributed by atoms with E-state index in [0.717, 1.165) is 45.3 Å². The Morgan fingerprint density at radius 3 is 2.43 bits per heavy atom. The van der Waals surface area contributed by atoms with Crippen LogP contribution in [0.4, 0.5) is 0 Å². The van der Waals surface area contributed by atoms with Crippen LogP contribution in [-0.2, 0) is 16.6 Å². The summed E-state index contributed by atoms with van der Waals surface area (Å²) in [4.78, 5) is 2.42. The summed E-state index contributed by atoms with van der Waals surface area (Å²) in [7, 11) is -3.04. The predicted octanol–water partition coefficient (Wildman–Crippen LogP) is 2.04. The second kappa shape index (κ2) is 6.07. The van der Waals surface area contributed by atoms with Crippen molar-refractivity contribution in [3.05, 3.63) is 35.4 Å². The zero-order valence-corrected chi connectivity index (χ0v) is 13.4. The van der Waals surface area contributed by atoms with Crippen LogP contribution in [-0.4, -0.2) is 37.7 Å². The lowest BCUT2D eigenvalue weighted by Crippen LogP contribution is -2.45. The summed E-state index contributed by atoms with van der Waals surface area (Å²) in [5.41, 5.74) is 2.70. The van der Waals surface area contributed by atoms with Gasteiger partial charge in [-0.1, -0.05) is 24.3 Å². The normalized spacial score (nSPS) is 21.6. The monoisotopic (exact) mass is 308 g/mol. The number of piperidine rings is 1. The fourth-order valence-electron chi connectivity index (χ4n) is 2.94. The van der Waals surface area contributed by atoms with E-state index < -0.39 is 10.0 Å². The summed E-state index contributed by atoms with van der Waals surface area (Å²) in [5, 5.41) is -0.109. The van der Waals surface area contributed by atoms with Gasteiger partial charge in [-0.3, -0.25) is 4.90 Å². The van der Waals surface area contributed by atoms with Crippen molar-refractivity contribution in [2.24, 2.45) is 0 Å². The number of nitrogens with one attached hydrogen (secondary N) is 1. The lowest BCUT2D eigenvalue weighted by atomic mass is 10.0. The van der Waals surface area contributed by atoms with Gasteiger partial charge in [-0.25, -0.2) is 13.1 Å². The van der Waals surface area contributed by atoms with E-state index >= 15 is 0 Å². The highest BCUT2D eigenvalue weighted by atomic mass is 32.2. The average molecular weight is 308 g/mol. The SMILES string of the molecule is Cc1ccccc1CN1CCC(NS(=O)(=O)C2CC2)CC1. The summed E-state index contributed by atoms with van der Waals surface area (Å²) < 4.78 is 26.8. The van der Waals surface area contributed by atoms with Gasteiger partial charge in [-0.05, 0) is 43.7 Å². The molecule has 1 N–H and O–H groups in total. The molecule has 1 aromatic carbocycles. The molecule has 1 aliphatic heterocycles. The number of hydrogen-bond donors (Lipinski definition) is 1. The van der Waals surface area contributed by atoms with Gasteiger partial charge in [0.1, 0.15) is 0 Å². The summed E-state index contributed by atoms with van der Waals surface area (Å²) in [6.07, 6.45) is 3.50. The van der Waals surface area contributed by atoms with E-state index in [1.54, 1.807) is 0 Å². The molecule has 1 saturated heterocycles. The molecule has 1 heterocycles. The number of benzene rings is 1. The quantitative estimate of drug-likeness (QED) is 0.905. The van der Waals surface area contributed by atoms with Crippen molar-refractivity contribution < 1.29 is 8.42 Å². The molecule has 5 heteroatoms. The maximum absolute atomic E-state index is 12.0. The number of rotatable bonds is 5. The van der Waals surface area contributed by atoms with Gasteiger partial charge < -0.3 is 0 Å². The van der Waals surface area contributed by atoms with E-state index in [0.29, 0.717) is 0 Å². The van der Waals surface area contributed by atoms with E-state index in [2.05, 4.69) is 40.8 Å². The van der Waals surface area contributed by atoms with Gasteiger partial charge in [-0.2, -0.15) is 0 Å². The summed E-state index contributed by atoms with van der Waals surface area (Å²) in [6.45, 7) is 5.04. The standard InChI is InChI=1S/C16H24N2O2S/c1-13-4-2-3-5-14(13)12-18-10-8-15(9-11-18)17-21(19,20)16-6-7-16/h2-5,15-17H,6-12H2,1H3. The van der Waals surface area contributed by atoms with Crippen LogP contribution in [0.3, 0.4) is 0 Å². The third kappa shape index (κ3) is 3.84. The van der Waals surface area contributed by atoms with Crippen molar-refractivity contribution in [1.29, 1.82) is 0 Å². The first-order chi connectivity index (χ1) is 10.0. The molecule has 1 aliphatic carbocycles. The predicted molar refractivity (Wildman–Crippen MR) is 84.6 cm³/mol. The van der Waals surface area contributed by atoms with Gasteiger partial charge in [0.25, 0.3) is 0 Å². The largest absolute Gasteiger partial charge is 0.299 e. The Hall–Kier alpha value is -0.910. The number of hydrogen-bond acceptors (Lipinski definition) is 3. The summed E-state index contributed by atoms with van der Waals surface area (Å²) in [6, 6.07) is 8.60. The Kier molecular flexibility index (Phi) is 4.33. The van der Waals surface area contributed by atoms with Crippen LogP contribution in [0.5, 0.6) is 0 Å². The van der Waals surface area contributed by atoms with Crippen LogP contribution in [0.1, 0.15) is 36.8 Å². The molecule has 4 nitrogen and oxygen atoms in total. The van der Waals surface area contributed by atoms with Crippen molar-refractivity contribution in [3.8, 4) is 0 Å². The molecule has 1 saturated carbocycles. The fourth-order valence-corrected chi connectivity index (χ4v) is 4.59. The molecule has 0 amide bonds. The highest BCUT2D eigenvalue weighted by molar-refractivity contribution is 7.90. The molecule has 1 aromatic rings. The minimum atomic E-state index is -3.04. The second-order valence-electron chi connectivity index (χ2n) is 6.34. The lowest BCUT2D eigenvalue weighted by molar-refractivity contribution is 0.199. The maximum Gasteiger partial charge on any atom is 0.214 e. The molecule has 0 radical (unpaired) electrons.